The van der Waals surface area contributed by atoms with Crippen LogP contribution in [0.1, 0.15) is 56.7 Å². The van der Waals surface area contributed by atoms with E-state index < -0.39 is 15.6 Å². The molecule has 0 saturated heterocycles. The summed E-state index contributed by atoms with van der Waals surface area (Å²) in [7, 11) is -3.60. The van der Waals surface area contributed by atoms with Crippen molar-refractivity contribution in [3.05, 3.63) is 28.8 Å². The summed E-state index contributed by atoms with van der Waals surface area (Å²) in [6.45, 7) is 9.49. The van der Waals surface area contributed by atoms with Crippen LogP contribution >= 0.6 is 0 Å². The van der Waals surface area contributed by atoms with Gasteiger partial charge in [-0.2, -0.15) is 0 Å². The molecule has 0 heterocycles. The van der Waals surface area contributed by atoms with E-state index in [9.17, 15) is 13.5 Å². The van der Waals surface area contributed by atoms with Gasteiger partial charge in [0.25, 0.3) is 0 Å². The smallest absolute Gasteiger partial charge is 0.241 e. The molecule has 0 radical (unpaired) electrons. The van der Waals surface area contributed by atoms with E-state index in [0.29, 0.717) is 5.56 Å². The Morgan fingerprint density at radius 3 is 2.05 bits per heavy atom. The highest BCUT2D eigenvalue weighted by Crippen LogP contribution is 2.26. The average Bonchev–Trinajstić information content (AvgIpc) is 2.47. The van der Waals surface area contributed by atoms with Crippen LogP contribution in [0.4, 0.5) is 0 Å². The molecule has 4 nitrogen and oxygen atoms in total. The first kappa shape index (κ1) is 18.1. The lowest BCUT2D eigenvalue weighted by Crippen LogP contribution is -2.47. The van der Waals surface area contributed by atoms with Crippen LogP contribution in [0.3, 0.4) is 0 Å². The number of aryl methyl sites for hydroxylation is 1. The first-order valence-corrected chi connectivity index (χ1v) is 8.98. The summed E-state index contributed by atoms with van der Waals surface area (Å²) in [6.07, 6.45) is 2.24. The Morgan fingerprint density at radius 1 is 1.10 bits per heavy atom. The van der Waals surface area contributed by atoms with Crippen LogP contribution in [-0.4, -0.2) is 19.1 Å². The standard InChI is InChI=1S/C16H27NO3S/c1-6-16(7-2,8-3)17-21(19,20)15-10-14(11-18)9-12(4)13(15)5/h9-10,17-18H,6-8,11H2,1-5H3. The summed E-state index contributed by atoms with van der Waals surface area (Å²) in [4.78, 5) is 0.270. The first-order valence-electron chi connectivity index (χ1n) is 7.50. The third-order valence-electron chi connectivity index (χ3n) is 4.53. The second-order valence-electron chi connectivity index (χ2n) is 5.64. The molecule has 0 aliphatic carbocycles. The zero-order chi connectivity index (χ0) is 16.3. The number of nitrogens with one attached hydrogen (secondary N) is 1. The molecular weight excluding hydrogens is 286 g/mol. The zero-order valence-electron chi connectivity index (χ0n) is 13.7. The maximum Gasteiger partial charge on any atom is 0.241 e. The Labute approximate surface area is 128 Å². The van der Waals surface area contributed by atoms with Gasteiger partial charge >= 0.3 is 0 Å². The minimum absolute atomic E-state index is 0.163. The van der Waals surface area contributed by atoms with Crippen molar-refractivity contribution in [3.63, 3.8) is 0 Å². The highest BCUT2D eigenvalue weighted by Gasteiger charge is 2.31. The van der Waals surface area contributed by atoms with E-state index >= 15 is 0 Å². The molecule has 0 aliphatic rings. The Morgan fingerprint density at radius 2 is 1.62 bits per heavy atom. The number of benzene rings is 1. The molecule has 0 fully saturated rings. The lowest BCUT2D eigenvalue weighted by atomic mass is 9.91. The lowest BCUT2D eigenvalue weighted by Gasteiger charge is -2.31. The Bertz CT molecular complexity index is 582. The summed E-state index contributed by atoms with van der Waals surface area (Å²) in [5.74, 6) is 0. The van der Waals surface area contributed by atoms with Gasteiger partial charge in [-0.3, -0.25) is 0 Å². The zero-order valence-corrected chi connectivity index (χ0v) is 14.5. The van der Waals surface area contributed by atoms with E-state index in [2.05, 4.69) is 4.72 Å². The fourth-order valence-corrected chi connectivity index (χ4v) is 4.56. The third kappa shape index (κ3) is 3.84. The van der Waals surface area contributed by atoms with Crippen LogP contribution < -0.4 is 4.72 Å². The normalized spacial score (nSPS) is 12.7. The van der Waals surface area contributed by atoms with Gasteiger partial charge in [0.05, 0.1) is 11.5 Å². The van der Waals surface area contributed by atoms with E-state index in [1.54, 1.807) is 13.0 Å². The molecule has 1 rings (SSSR count). The SMILES string of the molecule is CCC(CC)(CC)NS(=O)(=O)c1cc(CO)cc(C)c1C. The summed E-state index contributed by atoms with van der Waals surface area (Å²) in [5, 5.41) is 9.30. The molecule has 5 heteroatoms. The van der Waals surface area contributed by atoms with E-state index in [1.807, 2.05) is 33.8 Å². The van der Waals surface area contributed by atoms with Gasteiger partial charge in [-0.25, -0.2) is 13.1 Å². The van der Waals surface area contributed by atoms with Crippen molar-refractivity contribution in [2.24, 2.45) is 0 Å². The Balaban J connectivity index is 3.34. The molecule has 21 heavy (non-hydrogen) atoms. The number of hydrogen-bond acceptors (Lipinski definition) is 3. The second kappa shape index (κ2) is 6.90. The Kier molecular flexibility index (Phi) is 5.96. The minimum atomic E-state index is -3.60. The average molecular weight is 313 g/mol. The van der Waals surface area contributed by atoms with E-state index in [4.69, 9.17) is 0 Å². The number of aliphatic hydroxyl groups excluding tert-OH is 1. The van der Waals surface area contributed by atoms with Crippen LogP contribution in [-0.2, 0) is 16.6 Å². The van der Waals surface area contributed by atoms with Crippen LogP contribution in [0.15, 0.2) is 17.0 Å². The molecule has 0 aliphatic heterocycles. The molecule has 0 bridgehead atoms. The van der Waals surface area contributed by atoms with Crippen molar-refractivity contribution < 1.29 is 13.5 Å². The lowest BCUT2D eigenvalue weighted by molar-refractivity contribution is 0.281. The third-order valence-corrected chi connectivity index (χ3v) is 6.24. The summed E-state index contributed by atoms with van der Waals surface area (Å²) >= 11 is 0. The van der Waals surface area contributed by atoms with Crippen molar-refractivity contribution in [2.75, 3.05) is 0 Å². The molecule has 2 N–H and O–H groups in total. The molecular formula is C16H27NO3S. The van der Waals surface area contributed by atoms with Crippen molar-refractivity contribution in [1.82, 2.24) is 4.72 Å². The highest BCUT2D eigenvalue weighted by molar-refractivity contribution is 7.89. The fraction of sp³-hybridized carbons (Fsp3) is 0.625. The molecule has 0 amide bonds. The van der Waals surface area contributed by atoms with E-state index in [1.165, 1.54) is 0 Å². The van der Waals surface area contributed by atoms with Gasteiger partial charge in [0.1, 0.15) is 0 Å². The van der Waals surface area contributed by atoms with Gasteiger partial charge in [-0.15, -0.1) is 0 Å². The maximum absolute atomic E-state index is 12.8. The quantitative estimate of drug-likeness (QED) is 0.813. The summed E-state index contributed by atoms with van der Waals surface area (Å²) in [5.41, 5.74) is 1.82. The number of sulfonamides is 1. The van der Waals surface area contributed by atoms with Gasteiger partial charge < -0.3 is 5.11 Å². The second-order valence-corrected chi connectivity index (χ2v) is 7.29. The van der Waals surface area contributed by atoms with Gasteiger partial charge in [-0.1, -0.05) is 26.8 Å². The largest absolute Gasteiger partial charge is 0.392 e. The molecule has 0 aromatic heterocycles. The maximum atomic E-state index is 12.8. The van der Waals surface area contributed by atoms with Crippen LogP contribution in [0.2, 0.25) is 0 Å². The monoisotopic (exact) mass is 313 g/mol. The van der Waals surface area contributed by atoms with Crippen LogP contribution in [0, 0.1) is 13.8 Å². The predicted molar refractivity (Wildman–Crippen MR) is 85.8 cm³/mol. The van der Waals surface area contributed by atoms with Gasteiger partial charge in [0.2, 0.25) is 10.0 Å². The Hall–Kier alpha value is -0.910. The van der Waals surface area contributed by atoms with Crippen LogP contribution in [0.25, 0.3) is 0 Å². The summed E-state index contributed by atoms with van der Waals surface area (Å²) in [6, 6.07) is 3.39. The predicted octanol–water partition coefficient (Wildman–Crippen LogP) is 3.04. The van der Waals surface area contributed by atoms with Gasteiger partial charge in [0, 0.05) is 5.54 Å². The minimum Gasteiger partial charge on any atom is -0.392 e. The van der Waals surface area contributed by atoms with Crippen LogP contribution in [0.5, 0.6) is 0 Å². The fourth-order valence-electron chi connectivity index (χ4n) is 2.58. The van der Waals surface area contributed by atoms with Crippen molar-refractivity contribution in [1.29, 1.82) is 0 Å². The molecule has 120 valence electrons. The van der Waals surface area contributed by atoms with E-state index in [0.717, 1.165) is 30.4 Å². The molecule has 1 aromatic carbocycles. The molecule has 0 unspecified atom stereocenters. The molecule has 0 saturated carbocycles. The molecule has 0 atom stereocenters. The van der Waals surface area contributed by atoms with Gasteiger partial charge in [-0.05, 0) is 55.9 Å². The number of rotatable bonds is 7. The summed E-state index contributed by atoms with van der Waals surface area (Å²) < 4.78 is 28.4. The highest BCUT2D eigenvalue weighted by atomic mass is 32.2. The van der Waals surface area contributed by atoms with Crippen molar-refractivity contribution in [3.8, 4) is 0 Å². The first-order chi connectivity index (χ1) is 9.75. The van der Waals surface area contributed by atoms with E-state index in [-0.39, 0.29) is 11.5 Å². The topological polar surface area (TPSA) is 66.4 Å². The van der Waals surface area contributed by atoms with Gasteiger partial charge in [0.15, 0.2) is 0 Å². The molecule has 0 spiro atoms. The van der Waals surface area contributed by atoms with Crippen molar-refractivity contribution in [2.45, 2.75) is 70.9 Å². The molecule has 1 aromatic rings. The number of aliphatic hydroxyl groups is 1. The van der Waals surface area contributed by atoms with Crippen molar-refractivity contribution >= 4 is 10.0 Å². The number of hydrogen-bond donors (Lipinski definition) is 2.